The minimum Gasteiger partial charge on any atom is -0.480 e. The fourth-order valence-corrected chi connectivity index (χ4v) is 5.01. The molecule has 0 bridgehead atoms. The van der Waals surface area contributed by atoms with Crippen LogP contribution < -0.4 is 10.6 Å². The standard InChI is InChI=1S/C36H50N4O10/c1-25(2)17-29(35(47)49-23-27-11-7-5-8-12-27)37-31(41)19-39(21-33(43)44)15-16-40(22-34(45)46)20-32(42)38-30(18-26(3)4)36(48)50-24-28-13-9-6-10-14-28/h5-14,25-26,29-30H,15-24H2,1-4H3,(H,37,41)(H,38,42)(H,43,44)(H,45,46). The molecule has 50 heavy (non-hydrogen) atoms. The first-order chi connectivity index (χ1) is 23.7. The van der Waals surface area contributed by atoms with Crippen LogP contribution in [0.1, 0.15) is 51.7 Å². The van der Waals surface area contributed by atoms with E-state index in [1.54, 1.807) is 24.3 Å². The summed E-state index contributed by atoms with van der Waals surface area (Å²) >= 11 is 0. The lowest BCUT2D eigenvalue weighted by Gasteiger charge is -2.27. The van der Waals surface area contributed by atoms with E-state index < -0.39 is 74.0 Å². The number of rotatable bonds is 23. The quantitative estimate of drug-likeness (QED) is 0.124. The van der Waals surface area contributed by atoms with E-state index in [1.807, 2.05) is 64.1 Å². The number of ether oxygens (including phenoxy) is 2. The molecule has 274 valence electrons. The molecule has 0 aliphatic heterocycles. The smallest absolute Gasteiger partial charge is 0.328 e. The molecule has 2 aromatic carbocycles. The molecule has 2 amide bonds. The predicted octanol–water partition coefficient (Wildman–Crippen LogP) is 2.31. The monoisotopic (exact) mass is 698 g/mol. The molecule has 14 heteroatoms. The van der Waals surface area contributed by atoms with Crippen LogP contribution in [0.3, 0.4) is 0 Å². The maximum Gasteiger partial charge on any atom is 0.328 e. The maximum atomic E-state index is 13.1. The molecule has 2 rings (SSSR count). The number of benzene rings is 2. The molecule has 0 heterocycles. The molecule has 0 fully saturated rings. The van der Waals surface area contributed by atoms with Gasteiger partial charge >= 0.3 is 23.9 Å². The molecule has 2 unspecified atom stereocenters. The molecule has 0 aliphatic carbocycles. The van der Waals surface area contributed by atoms with Gasteiger partial charge in [0.25, 0.3) is 0 Å². The van der Waals surface area contributed by atoms with E-state index in [2.05, 4.69) is 10.6 Å². The van der Waals surface area contributed by atoms with Crippen molar-refractivity contribution in [3.8, 4) is 0 Å². The van der Waals surface area contributed by atoms with Gasteiger partial charge in [0.1, 0.15) is 25.3 Å². The zero-order chi connectivity index (χ0) is 37.1. The van der Waals surface area contributed by atoms with Gasteiger partial charge in [0.05, 0.1) is 26.2 Å². The summed E-state index contributed by atoms with van der Waals surface area (Å²) in [5.74, 6) is -4.90. The van der Waals surface area contributed by atoms with Crippen molar-refractivity contribution in [2.45, 2.75) is 65.8 Å². The fourth-order valence-electron chi connectivity index (χ4n) is 5.01. The van der Waals surface area contributed by atoms with Gasteiger partial charge in [-0.2, -0.15) is 0 Å². The van der Waals surface area contributed by atoms with Crippen molar-refractivity contribution >= 4 is 35.7 Å². The van der Waals surface area contributed by atoms with E-state index in [4.69, 9.17) is 9.47 Å². The number of nitrogens with one attached hydrogen (secondary N) is 2. The van der Waals surface area contributed by atoms with Crippen molar-refractivity contribution < 1.29 is 48.5 Å². The van der Waals surface area contributed by atoms with E-state index >= 15 is 0 Å². The minimum absolute atomic E-state index is 0.0232. The topological polar surface area (TPSA) is 192 Å². The third-order valence-electron chi connectivity index (χ3n) is 7.29. The van der Waals surface area contributed by atoms with Crippen molar-refractivity contribution in [1.82, 2.24) is 20.4 Å². The number of hydrogen-bond donors (Lipinski definition) is 4. The van der Waals surface area contributed by atoms with E-state index in [-0.39, 0.29) is 51.0 Å². The molecular weight excluding hydrogens is 648 g/mol. The lowest BCUT2D eigenvalue weighted by Crippen LogP contribution is -2.50. The normalized spacial score (nSPS) is 12.4. The first-order valence-corrected chi connectivity index (χ1v) is 16.6. The van der Waals surface area contributed by atoms with Crippen molar-refractivity contribution in [3.63, 3.8) is 0 Å². The molecule has 0 aromatic heterocycles. The number of carboxylic acids is 2. The average Bonchev–Trinajstić information content (AvgIpc) is 3.04. The first-order valence-electron chi connectivity index (χ1n) is 16.6. The summed E-state index contributed by atoms with van der Waals surface area (Å²) in [5.41, 5.74) is 1.56. The Morgan fingerprint density at radius 3 is 1.22 bits per heavy atom. The van der Waals surface area contributed by atoms with Crippen LogP contribution in [-0.4, -0.2) is 107 Å². The van der Waals surface area contributed by atoms with Crippen LogP contribution >= 0.6 is 0 Å². The molecular formula is C36H50N4O10. The Bertz CT molecular complexity index is 1280. The molecule has 0 aliphatic rings. The van der Waals surface area contributed by atoms with Crippen molar-refractivity contribution in [2.24, 2.45) is 11.8 Å². The number of nitrogens with zero attached hydrogens (tertiary/aromatic N) is 2. The zero-order valence-corrected chi connectivity index (χ0v) is 29.2. The van der Waals surface area contributed by atoms with E-state index in [0.717, 1.165) is 11.1 Å². The number of carbonyl (C=O) groups excluding carboxylic acids is 4. The molecule has 0 saturated heterocycles. The average molecular weight is 699 g/mol. The molecule has 0 saturated carbocycles. The van der Waals surface area contributed by atoms with E-state index in [9.17, 15) is 39.0 Å². The Morgan fingerprint density at radius 2 is 0.920 bits per heavy atom. The van der Waals surface area contributed by atoms with Crippen LogP contribution in [0, 0.1) is 11.8 Å². The minimum atomic E-state index is -1.23. The van der Waals surface area contributed by atoms with E-state index in [0.29, 0.717) is 0 Å². The lowest BCUT2D eigenvalue weighted by atomic mass is 10.0. The number of hydrogen-bond acceptors (Lipinski definition) is 10. The summed E-state index contributed by atoms with van der Waals surface area (Å²) in [6, 6.07) is 16.2. The predicted molar refractivity (Wildman–Crippen MR) is 183 cm³/mol. The van der Waals surface area contributed by atoms with Crippen LogP contribution in [-0.2, 0) is 51.5 Å². The Hall–Kier alpha value is -4.82. The highest BCUT2D eigenvalue weighted by atomic mass is 16.5. The SMILES string of the molecule is CC(C)CC(NC(=O)CN(CCN(CC(=O)O)CC(=O)NC(CC(C)C)C(=O)OCc1ccccc1)CC(=O)O)C(=O)OCc1ccccc1. The second kappa shape index (κ2) is 22.0. The summed E-state index contributed by atoms with van der Waals surface area (Å²) < 4.78 is 10.8. The number of esters is 2. The number of carbonyl (C=O) groups is 6. The molecule has 4 N–H and O–H groups in total. The Morgan fingerprint density at radius 1 is 0.580 bits per heavy atom. The second-order valence-corrected chi connectivity index (χ2v) is 12.9. The van der Waals surface area contributed by atoms with Crippen LogP contribution in [0.5, 0.6) is 0 Å². The summed E-state index contributed by atoms with van der Waals surface area (Å²) in [5, 5.41) is 24.3. The van der Waals surface area contributed by atoms with Gasteiger partial charge in [0.15, 0.2) is 0 Å². The van der Waals surface area contributed by atoms with Gasteiger partial charge in [-0.15, -0.1) is 0 Å². The highest BCUT2D eigenvalue weighted by molar-refractivity contribution is 5.86. The Labute approximate surface area is 293 Å². The number of aliphatic carboxylic acids is 2. The van der Waals surface area contributed by atoms with Crippen LogP contribution in [0.25, 0.3) is 0 Å². The molecule has 2 aromatic rings. The zero-order valence-electron chi connectivity index (χ0n) is 29.2. The van der Waals surface area contributed by atoms with Gasteiger partial charge in [0, 0.05) is 13.1 Å². The van der Waals surface area contributed by atoms with Gasteiger partial charge in [-0.25, -0.2) is 9.59 Å². The first kappa shape index (κ1) is 41.4. The third-order valence-corrected chi connectivity index (χ3v) is 7.29. The van der Waals surface area contributed by atoms with Gasteiger partial charge in [-0.3, -0.25) is 29.0 Å². The molecule has 14 nitrogen and oxygen atoms in total. The van der Waals surface area contributed by atoms with Gasteiger partial charge in [-0.1, -0.05) is 88.4 Å². The summed E-state index contributed by atoms with van der Waals surface area (Å²) in [6.07, 6.45) is 0.578. The highest BCUT2D eigenvalue weighted by Crippen LogP contribution is 2.11. The maximum absolute atomic E-state index is 13.1. The van der Waals surface area contributed by atoms with Crippen molar-refractivity contribution in [2.75, 3.05) is 39.3 Å². The Kier molecular flexibility index (Phi) is 18.2. The largest absolute Gasteiger partial charge is 0.480 e. The fraction of sp³-hybridized carbons (Fsp3) is 0.500. The van der Waals surface area contributed by atoms with Crippen LogP contribution in [0.2, 0.25) is 0 Å². The van der Waals surface area contributed by atoms with Gasteiger partial charge < -0.3 is 30.3 Å². The Balaban J connectivity index is 2.03. The van der Waals surface area contributed by atoms with Crippen LogP contribution in [0.15, 0.2) is 60.7 Å². The lowest BCUT2D eigenvalue weighted by molar-refractivity contribution is -0.150. The molecule has 2 atom stereocenters. The number of carboxylic acid groups (broad SMARTS) is 2. The summed E-state index contributed by atoms with van der Waals surface area (Å²) in [7, 11) is 0. The summed E-state index contributed by atoms with van der Waals surface area (Å²) in [4.78, 5) is 77.7. The second-order valence-electron chi connectivity index (χ2n) is 12.9. The van der Waals surface area contributed by atoms with Crippen molar-refractivity contribution in [3.05, 3.63) is 71.8 Å². The van der Waals surface area contributed by atoms with Crippen LogP contribution in [0.4, 0.5) is 0 Å². The summed E-state index contributed by atoms with van der Waals surface area (Å²) in [6.45, 7) is 5.44. The van der Waals surface area contributed by atoms with Gasteiger partial charge in [-0.05, 0) is 35.8 Å². The molecule has 0 spiro atoms. The highest BCUT2D eigenvalue weighted by Gasteiger charge is 2.27. The van der Waals surface area contributed by atoms with Crippen molar-refractivity contribution in [1.29, 1.82) is 0 Å². The van der Waals surface area contributed by atoms with E-state index in [1.165, 1.54) is 9.80 Å². The van der Waals surface area contributed by atoms with Gasteiger partial charge in [0.2, 0.25) is 11.8 Å². The molecule has 0 radical (unpaired) electrons. The number of amides is 2. The third kappa shape index (κ3) is 17.5.